The van der Waals surface area contributed by atoms with E-state index in [1.165, 1.54) is 0 Å². The zero-order chi connectivity index (χ0) is 11.4. The smallest absolute Gasteiger partial charge is 0.157 e. The van der Waals surface area contributed by atoms with Crippen LogP contribution in [0.3, 0.4) is 0 Å². The van der Waals surface area contributed by atoms with E-state index in [1.54, 1.807) is 0 Å². The van der Waals surface area contributed by atoms with Crippen molar-refractivity contribution in [3.63, 3.8) is 0 Å². The molecule has 0 bridgehead atoms. The van der Waals surface area contributed by atoms with Gasteiger partial charge in [-0.3, -0.25) is 0 Å². The van der Waals surface area contributed by atoms with Crippen LogP contribution in [0.1, 0.15) is 6.92 Å². The fourth-order valence-corrected chi connectivity index (χ4v) is 2.52. The molecule has 0 aromatic heterocycles. The van der Waals surface area contributed by atoms with Gasteiger partial charge in [-0.05, 0) is 35.0 Å². The number of nitrogens with zero attached hydrogens (tertiary/aromatic N) is 1. The standard InChI is InChI=1S/C10H14Br2N2O/c1-4-15-10-8(12)5-7(11)6-9(10)13-14(2)3/h5-6,13H,4H2,1-3H3. The van der Waals surface area contributed by atoms with E-state index in [1.807, 2.05) is 38.2 Å². The monoisotopic (exact) mass is 336 g/mol. The predicted molar refractivity (Wildman–Crippen MR) is 70.3 cm³/mol. The first-order chi connectivity index (χ1) is 7.04. The van der Waals surface area contributed by atoms with Gasteiger partial charge in [0.25, 0.3) is 0 Å². The summed E-state index contributed by atoms with van der Waals surface area (Å²) in [6.07, 6.45) is 0. The number of halogens is 2. The van der Waals surface area contributed by atoms with Crippen molar-refractivity contribution in [2.75, 3.05) is 26.1 Å². The molecule has 0 saturated heterocycles. The van der Waals surface area contributed by atoms with E-state index in [-0.39, 0.29) is 0 Å². The normalized spacial score (nSPS) is 10.5. The SMILES string of the molecule is CCOc1c(Br)cc(Br)cc1NN(C)C. The Morgan fingerprint density at radius 3 is 2.53 bits per heavy atom. The van der Waals surface area contributed by atoms with Crippen LogP contribution in [0.2, 0.25) is 0 Å². The highest BCUT2D eigenvalue weighted by atomic mass is 79.9. The molecule has 1 aromatic carbocycles. The van der Waals surface area contributed by atoms with E-state index in [0.717, 1.165) is 20.4 Å². The Morgan fingerprint density at radius 2 is 2.00 bits per heavy atom. The minimum Gasteiger partial charge on any atom is -0.490 e. The van der Waals surface area contributed by atoms with Gasteiger partial charge in [0.15, 0.2) is 5.75 Å². The maximum absolute atomic E-state index is 5.57. The van der Waals surface area contributed by atoms with Gasteiger partial charge in [0.1, 0.15) is 0 Å². The Balaban J connectivity index is 3.08. The summed E-state index contributed by atoms with van der Waals surface area (Å²) in [5.41, 5.74) is 4.12. The highest BCUT2D eigenvalue weighted by Gasteiger charge is 2.10. The predicted octanol–water partition coefficient (Wildman–Crippen LogP) is 3.50. The van der Waals surface area contributed by atoms with Crippen molar-refractivity contribution in [2.45, 2.75) is 6.92 Å². The van der Waals surface area contributed by atoms with Crippen molar-refractivity contribution in [3.05, 3.63) is 21.1 Å². The Kier molecular flexibility index (Phi) is 4.89. The fourth-order valence-electron chi connectivity index (χ4n) is 1.18. The molecule has 3 nitrogen and oxygen atoms in total. The second-order valence-corrected chi connectivity index (χ2v) is 4.97. The molecule has 0 aliphatic rings. The van der Waals surface area contributed by atoms with E-state index in [2.05, 4.69) is 37.3 Å². The number of anilines is 1. The van der Waals surface area contributed by atoms with Crippen LogP contribution in [0.5, 0.6) is 5.75 Å². The Bertz CT molecular complexity index is 342. The van der Waals surface area contributed by atoms with Gasteiger partial charge >= 0.3 is 0 Å². The van der Waals surface area contributed by atoms with Crippen LogP contribution < -0.4 is 10.2 Å². The fraction of sp³-hybridized carbons (Fsp3) is 0.400. The molecule has 15 heavy (non-hydrogen) atoms. The molecule has 84 valence electrons. The maximum atomic E-state index is 5.57. The molecule has 0 atom stereocenters. The number of benzene rings is 1. The highest BCUT2D eigenvalue weighted by Crippen LogP contribution is 2.36. The van der Waals surface area contributed by atoms with Crippen LogP contribution in [0, 0.1) is 0 Å². The van der Waals surface area contributed by atoms with E-state index >= 15 is 0 Å². The quantitative estimate of drug-likeness (QED) is 0.851. The molecule has 0 aliphatic heterocycles. The summed E-state index contributed by atoms with van der Waals surface area (Å²) in [4.78, 5) is 0. The summed E-state index contributed by atoms with van der Waals surface area (Å²) < 4.78 is 7.50. The van der Waals surface area contributed by atoms with Crippen LogP contribution in [0.25, 0.3) is 0 Å². The lowest BCUT2D eigenvalue weighted by molar-refractivity contribution is 0.337. The molecule has 0 saturated carbocycles. The van der Waals surface area contributed by atoms with Gasteiger partial charge in [0.2, 0.25) is 0 Å². The zero-order valence-electron chi connectivity index (χ0n) is 8.97. The number of rotatable bonds is 4. The lowest BCUT2D eigenvalue weighted by Gasteiger charge is -2.18. The molecule has 0 radical (unpaired) electrons. The number of hydrazine groups is 1. The van der Waals surface area contributed by atoms with Gasteiger partial charge in [0, 0.05) is 18.6 Å². The number of hydrogen-bond acceptors (Lipinski definition) is 3. The molecule has 0 heterocycles. The molecule has 5 heteroatoms. The molecule has 0 fully saturated rings. The first-order valence-electron chi connectivity index (χ1n) is 4.60. The second kappa shape index (κ2) is 5.72. The summed E-state index contributed by atoms with van der Waals surface area (Å²) >= 11 is 6.92. The lowest BCUT2D eigenvalue weighted by Crippen LogP contribution is -2.20. The van der Waals surface area contributed by atoms with E-state index in [9.17, 15) is 0 Å². The average molecular weight is 338 g/mol. The number of hydrogen-bond donors (Lipinski definition) is 1. The maximum Gasteiger partial charge on any atom is 0.157 e. The van der Waals surface area contributed by atoms with Gasteiger partial charge in [-0.25, -0.2) is 5.01 Å². The summed E-state index contributed by atoms with van der Waals surface area (Å²) in [7, 11) is 3.87. The third-order valence-electron chi connectivity index (χ3n) is 1.64. The minimum atomic E-state index is 0.641. The van der Waals surface area contributed by atoms with Gasteiger partial charge < -0.3 is 10.2 Å². The van der Waals surface area contributed by atoms with Crippen molar-refractivity contribution in [3.8, 4) is 5.75 Å². The third kappa shape index (κ3) is 3.66. The van der Waals surface area contributed by atoms with Gasteiger partial charge in [-0.1, -0.05) is 15.9 Å². The Hall–Kier alpha value is -0.260. The molecule has 0 aliphatic carbocycles. The summed E-state index contributed by atoms with van der Waals surface area (Å²) in [6.45, 7) is 2.61. The van der Waals surface area contributed by atoms with Crippen molar-refractivity contribution in [1.82, 2.24) is 5.01 Å². The average Bonchev–Trinajstić information content (AvgIpc) is 2.10. The van der Waals surface area contributed by atoms with Gasteiger partial charge in [-0.15, -0.1) is 0 Å². The zero-order valence-corrected chi connectivity index (χ0v) is 12.1. The molecule has 1 rings (SSSR count). The van der Waals surface area contributed by atoms with E-state index < -0.39 is 0 Å². The van der Waals surface area contributed by atoms with Crippen LogP contribution >= 0.6 is 31.9 Å². The third-order valence-corrected chi connectivity index (χ3v) is 2.69. The van der Waals surface area contributed by atoms with Crippen molar-refractivity contribution in [1.29, 1.82) is 0 Å². The summed E-state index contributed by atoms with van der Waals surface area (Å²) in [5.74, 6) is 0.828. The minimum absolute atomic E-state index is 0.641. The largest absolute Gasteiger partial charge is 0.490 e. The molecule has 0 amide bonds. The molecule has 0 spiro atoms. The molecular formula is C10H14Br2N2O. The van der Waals surface area contributed by atoms with Crippen LogP contribution in [0.15, 0.2) is 21.1 Å². The number of ether oxygens (including phenoxy) is 1. The van der Waals surface area contributed by atoms with Gasteiger partial charge in [0.05, 0.1) is 16.8 Å². The van der Waals surface area contributed by atoms with Crippen LogP contribution in [-0.2, 0) is 0 Å². The molecule has 1 aromatic rings. The first-order valence-corrected chi connectivity index (χ1v) is 6.19. The van der Waals surface area contributed by atoms with Crippen LogP contribution in [0.4, 0.5) is 5.69 Å². The molecule has 1 N–H and O–H groups in total. The number of nitrogens with one attached hydrogen (secondary N) is 1. The lowest BCUT2D eigenvalue weighted by atomic mass is 10.3. The van der Waals surface area contributed by atoms with E-state index in [4.69, 9.17) is 4.74 Å². The highest BCUT2D eigenvalue weighted by molar-refractivity contribution is 9.11. The Morgan fingerprint density at radius 1 is 1.33 bits per heavy atom. The second-order valence-electron chi connectivity index (χ2n) is 3.20. The van der Waals surface area contributed by atoms with Crippen LogP contribution in [-0.4, -0.2) is 25.7 Å². The van der Waals surface area contributed by atoms with Crippen molar-refractivity contribution < 1.29 is 4.74 Å². The molecule has 0 unspecified atom stereocenters. The van der Waals surface area contributed by atoms with Crippen molar-refractivity contribution >= 4 is 37.5 Å². The van der Waals surface area contributed by atoms with Gasteiger partial charge in [-0.2, -0.15) is 0 Å². The summed E-state index contributed by atoms with van der Waals surface area (Å²) in [5, 5.41) is 1.87. The Labute approximate surface area is 107 Å². The van der Waals surface area contributed by atoms with E-state index in [0.29, 0.717) is 6.61 Å². The summed E-state index contributed by atoms with van der Waals surface area (Å²) in [6, 6.07) is 3.95. The molecular weight excluding hydrogens is 324 g/mol. The van der Waals surface area contributed by atoms with Crippen molar-refractivity contribution in [2.24, 2.45) is 0 Å². The topological polar surface area (TPSA) is 24.5 Å². The first kappa shape index (κ1) is 12.8.